The van der Waals surface area contributed by atoms with Crippen LogP contribution in [0.25, 0.3) is 11.5 Å². The summed E-state index contributed by atoms with van der Waals surface area (Å²) in [7, 11) is 1.50. The number of ether oxygens (including phenoxy) is 1. The van der Waals surface area contributed by atoms with Crippen LogP contribution in [0, 0.1) is 6.92 Å². The summed E-state index contributed by atoms with van der Waals surface area (Å²) in [5, 5.41) is 5.77. The van der Waals surface area contributed by atoms with E-state index >= 15 is 0 Å². The third kappa shape index (κ3) is 6.22. The minimum Gasteiger partial charge on any atom is -0.441 e. The number of rotatable bonds is 9. The number of aromatic nitrogens is 1. The predicted octanol–water partition coefficient (Wildman–Crippen LogP) is 4.84. The molecule has 1 heterocycles. The van der Waals surface area contributed by atoms with Gasteiger partial charge in [0.15, 0.2) is 6.10 Å². The van der Waals surface area contributed by atoms with Crippen LogP contribution in [0.3, 0.4) is 0 Å². The van der Waals surface area contributed by atoms with Gasteiger partial charge in [-0.05, 0) is 42.3 Å². The normalized spacial score (nSPS) is 11.6. The maximum Gasteiger partial charge on any atom is 0.254 e. The molecule has 1 unspecified atom stereocenters. The lowest BCUT2D eigenvalue weighted by Gasteiger charge is -2.15. The number of carbonyl (C=O) groups is 2. The second-order valence-electron chi connectivity index (χ2n) is 8.05. The summed E-state index contributed by atoms with van der Waals surface area (Å²) in [4.78, 5) is 29.5. The maximum atomic E-state index is 12.6. The van der Waals surface area contributed by atoms with Crippen molar-refractivity contribution >= 4 is 17.5 Å². The number of amides is 2. The molecule has 0 aliphatic rings. The lowest BCUT2D eigenvalue weighted by Crippen LogP contribution is -2.30. The first-order chi connectivity index (χ1) is 17.0. The van der Waals surface area contributed by atoms with Gasteiger partial charge in [0.05, 0.1) is 13.0 Å². The zero-order valence-electron chi connectivity index (χ0n) is 19.7. The van der Waals surface area contributed by atoms with E-state index in [1.807, 2.05) is 84.9 Å². The monoisotopic (exact) mass is 469 g/mol. The number of aryl methyl sites for hydroxylation is 1. The van der Waals surface area contributed by atoms with Crippen molar-refractivity contribution in [2.24, 2.45) is 0 Å². The lowest BCUT2D eigenvalue weighted by molar-refractivity contribution is -0.131. The molecular formula is C28H27N3O4. The van der Waals surface area contributed by atoms with Gasteiger partial charge in [0.2, 0.25) is 11.8 Å². The smallest absolute Gasteiger partial charge is 0.254 e. The van der Waals surface area contributed by atoms with Crippen molar-refractivity contribution in [2.75, 3.05) is 12.4 Å². The van der Waals surface area contributed by atoms with E-state index in [1.165, 1.54) is 7.11 Å². The number of methoxy groups -OCH3 is 1. The quantitative estimate of drug-likeness (QED) is 0.366. The largest absolute Gasteiger partial charge is 0.441 e. The molecule has 178 valence electrons. The Bertz CT molecular complexity index is 1270. The molecule has 0 aliphatic heterocycles. The molecule has 0 saturated heterocycles. The molecule has 35 heavy (non-hydrogen) atoms. The Morgan fingerprint density at radius 3 is 2.26 bits per heavy atom. The number of benzene rings is 3. The van der Waals surface area contributed by atoms with E-state index in [1.54, 1.807) is 6.92 Å². The summed E-state index contributed by atoms with van der Waals surface area (Å²) in [6, 6.07) is 26.2. The van der Waals surface area contributed by atoms with E-state index in [9.17, 15) is 9.59 Å². The van der Waals surface area contributed by atoms with Crippen LogP contribution in [0.5, 0.6) is 0 Å². The summed E-state index contributed by atoms with van der Waals surface area (Å²) in [6.45, 7) is 2.02. The van der Waals surface area contributed by atoms with Gasteiger partial charge in [-0.1, -0.05) is 60.7 Å². The summed E-state index contributed by atoms with van der Waals surface area (Å²) in [6.07, 6.45) is -0.391. The fourth-order valence-corrected chi connectivity index (χ4v) is 3.68. The third-order valence-corrected chi connectivity index (χ3v) is 5.52. The van der Waals surface area contributed by atoms with E-state index in [0.717, 1.165) is 16.7 Å². The van der Waals surface area contributed by atoms with Crippen molar-refractivity contribution in [2.45, 2.75) is 26.0 Å². The molecule has 4 rings (SSSR count). The fraction of sp³-hybridized carbons (Fsp3) is 0.179. The molecule has 3 aromatic carbocycles. The van der Waals surface area contributed by atoms with E-state index in [-0.39, 0.29) is 18.4 Å². The molecule has 0 fully saturated rings. The first-order valence-electron chi connectivity index (χ1n) is 11.3. The molecule has 0 aliphatic carbocycles. The van der Waals surface area contributed by atoms with Gasteiger partial charge in [-0.15, -0.1) is 0 Å². The number of nitrogens with zero attached hydrogens (tertiary/aromatic N) is 1. The first kappa shape index (κ1) is 23.9. The van der Waals surface area contributed by atoms with Crippen LogP contribution < -0.4 is 10.6 Å². The van der Waals surface area contributed by atoms with Crippen LogP contribution >= 0.6 is 0 Å². The molecule has 4 aromatic rings. The van der Waals surface area contributed by atoms with Crippen LogP contribution in [-0.4, -0.2) is 23.9 Å². The van der Waals surface area contributed by atoms with Gasteiger partial charge >= 0.3 is 0 Å². The Hall–Kier alpha value is -4.23. The van der Waals surface area contributed by atoms with Gasteiger partial charge in [-0.25, -0.2) is 4.98 Å². The molecule has 0 saturated carbocycles. The second kappa shape index (κ2) is 11.3. The number of carbonyl (C=O) groups excluding carboxylic acids is 2. The van der Waals surface area contributed by atoms with Gasteiger partial charge < -0.3 is 19.8 Å². The highest BCUT2D eigenvalue weighted by atomic mass is 16.5. The zero-order valence-corrected chi connectivity index (χ0v) is 19.7. The Morgan fingerprint density at radius 1 is 0.943 bits per heavy atom. The minimum atomic E-state index is -0.701. The molecule has 0 bridgehead atoms. The molecule has 7 heteroatoms. The fourth-order valence-electron chi connectivity index (χ4n) is 3.68. The molecule has 2 N–H and O–H groups in total. The highest BCUT2D eigenvalue weighted by Crippen LogP contribution is 2.24. The van der Waals surface area contributed by atoms with E-state index in [0.29, 0.717) is 29.5 Å². The average Bonchev–Trinajstić information content (AvgIpc) is 3.25. The molecule has 0 radical (unpaired) electrons. The number of hydrogen-bond acceptors (Lipinski definition) is 5. The highest BCUT2D eigenvalue weighted by Gasteiger charge is 2.21. The van der Waals surface area contributed by atoms with Gasteiger partial charge in [0.25, 0.3) is 5.91 Å². The lowest BCUT2D eigenvalue weighted by atomic mass is 10.1. The van der Waals surface area contributed by atoms with E-state index in [4.69, 9.17) is 9.15 Å². The van der Waals surface area contributed by atoms with Crippen LogP contribution in [0.2, 0.25) is 0 Å². The van der Waals surface area contributed by atoms with E-state index < -0.39 is 6.10 Å². The number of oxazole rings is 1. The summed E-state index contributed by atoms with van der Waals surface area (Å²) < 4.78 is 11.2. The zero-order chi connectivity index (χ0) is 24.6. The van der Waals surface area contributed by atoms with Crippen molar-refractivity contribution in [3.05, 3.63) is 108 Å². The summed E-state index contributed by atoms with van der Waals surface area (Å²) in [5.41, 5.74) is 3.83. The van der Waals surface area contributed by atoms with Crippen LogP contribution in [-0.2, 0) is 27.3 Å². The summed E-state index contributed by atoms with van der Waals surface area (Å²) >= 11 is 0. The second-order valence-corrected chi connectivity index (χ2v) is 8.05. The van der Waals surface area contributed by atoms with Crippen molar-refractivity contribution in [3.63, 3.8) is 0 Å². The Balaban J connectivity index is 1.36. The standard InChI is InChI=1S/C28H27N3O4/c1-19-24(18-29-27(33)26(34-2)21-11-7-4-8-12-21)31-28(35-19)22-13-15-23(16-14-22)30-25(32)17-20-9-5-3-6-10-20/h3-16,26H,17-18H2,1-2H3,(H,29,33)(H,30,32). The van der Waals surface area contributed by atoms with Crippen molar-refractivity contribution < 1.29 is 18.7 Å². The summed E-state index contributed by atoms with van der Waals surface area (Å²) in [5.74, 6) is 0.728. The maximum absolute atomic E-state index is 12.6. The number of hydrogen-bond donors (Lipinski definition) is 2. The minimum absolute atomic E-state index is 0.0844. The molecule has 7 nitrogen and oxygen atoms in total. The SMILES string of the molecule is COC(C(=O)NCc1nc(-c2ccc(NC(=O)Cc3ccccc3)cc2)oc1C)c1ccccc1. The number of anilines is 1. The van der Waals surface area contributed by atoms with Crippen molar-refractivity contribution in [1.29, 1.82) is 0 Å². The molecule has 0 spiro atoms. The Kier molecular flexibility index (Phi) is 7.70. The topological polar surface area (TPSA) is 93.5 Å². The number of nitrogens with one attached hydrogen (secondary N) is 2. The molecular weight excluding hydrogens is 442 g/mol. The van der Waals surface area contributed by atoms with Crippen LogP contribution in [0.15, 0.2) is 89.3 Å². The van der Waals surface area contributed by atoms with Crippen LogP contribution in [0.1, 0.15) is 28.7 Å². The van der Waals surface area contributed by atoms with Crippen molar-refractivity contribution in [1.82, 2.24) is 10.3 Å². The Morgan fingerprint density at radius 2 is 1.60 bits per heavy atom. The predicted molar refractivity (Wildman–Crippen MR) is 133 cm³/mol. The van der Waals surface area contributed by atoms with Crippen LogP contribution in [0.4, 0.5) is 5.69 Å². The average molecular weight is 470 g/mol. The van der Waals surface area contributed by atoms with Gasteiger partial charge in [-0.2, -0.15) is 0 Å². The Labute approximate surface area is 204 Å². The molecule has 2 amide bonds. The van der Waals surface area contributed by atoms with Gasteiger partial charge in [0, 0.05) is 18.4 Å². The van der Waals surface area contributed by atoms with Crippen molar-refractivity contribution in [3.8, 4) is 11.5 Å². The highest BCUT2D eigenvalue weighted by molar-refractivity contribution is 5.92. The first-order valence-corrected chi connectivity index (χ1v) is 11.3. The van der Waals surface area contributed by atoms with Gasteiger partial charge in [-0.3, -0.25) is 9.59 Å². The molecule has 1 aromatic heterocycles. The van der Waals surface area contributed by atoms with E-state index in [2.05, 4.69) is 15.6 Å². The third-order valence-electron chi connectivity index (χ3n) is 5.52. The van der Waals surface area contributed by atoms with Gasteiger partial charge in [0.1, 0.15) is 11.5 Å². The molecule has 1 atom stereocenters.